The van der Waals surface area contributed by atoms with E-state index in [0.29, 0.717) is 0 Å². The topological polar surface area (TPSA) is 52.0 Å². The van der Waals surface area contributed by atoms with Crippen molar-refractivity contribution in [1.29, 1.82) is 5.26 Å². The Bertz CT molecular complexity index is 679. The summed E-state index contributed by atoms with van der Waals surface area (Å²) in [5.74, 6) is 1.81. The molecule has 1 aliphatic rings. The van der Waals surface area contributed by atoms with E-state index >= 15 is 0 Å². The summed E-state index contributed by atoms with van der Waals surface area (Å²) in [6.07, 6.45) is 2.39. The molecule has 1 aromatic carbocycles. The number of aromatic nitrogens is 1. The molecule has 1 aromatic heterocycles. The fraction of sp³-hybridized carbons (Fsp3) is 0.353. The van der Waals surface area contributed by atoms with Crippen LogP contribution in [-0.2, 0) is 0 Å². The molecule has 4 heteroatoms. The minimum atomic E-state index is 0. The van der Waals surface area contributed by atoms with Gasteiger partial charge in [-0.15, -0.1) is 0 Å². The van der Waals surface area contributed by atoms with Crippen LogP contribution in [0.5, 0.6) is 5.75 Å². The van der Waals surface area contributed by atoms with Crippen LogP contribution in [-0.4, -0.2) is 25.2 Å². The molecule has 0 amide bonds. The van der Waals surface area contributed by atoms with Gasteiger partial charge < -0.3 is 14.6 Å². The van der Waals surface area contributed by atoms with E-state index in [1.165, 1.54) is 12.8 Å². The molecular formula is C17H21N3O. The highest BCUT2D eigenvalue weighted by molar-refractivity contribution is 5.74. The van der Waals surface area contributed by atoms with Gasteiger partial charge in [0, 0.05) is 14.5 Å². The lowest BCUT2D eigenvalue weighted by Crippen LogP contribution is -2.18. The molecule has 0 saturated carbocycles. The van der Waals surface area contributed by atoms with Gasteiger partial charge in [-0.3, -0.25) is 0 Å². The van der Waals surface area contributed by atoms with Crippen molar-refractivity contribution in [2.75, 3.05) is 25.1 Å². The smallest absolute Gasteiger partial charge is 0.124 e. The number of nitrogens with zero attached hydrogens (tertiary/aromatic N) is 2. The summed E-state index contributed by atoms with van der Waals surface area (Å²) in [7, 11) is 1.66. The summed E-state index contributed by atoms with van der Waals surface area (Å²) < 4.78 is 5.20. The van der Waals surface area contributed by atoms with E-state index in [1.807, 2.05) is 31.2 Å². The van der Waals surface area contributed by atoms with Gasteiger partial charge in [-0.05, 0) is 55.2 Å². The largest absolute Gasteiger partial charge is 0.497 e. The first-order valence-electron chi connectivity index (χ1n) is 7.26. The Morgan fingerprint density at radius 1 is 1.24 bits per heavy atom. The maximum atomic E-state index is 9.49. The molecule has 0 aliphatic carbocycles. The quantitative estimate of drug-likeness (QED) is 0.934. The molecule has 21 heavy (non-hydrogen) atoms. The molecule has 4 nitrogen and oxygen atoms in total. The van der Waals surface area contributed by atoms with E-state index in [2.05, 4.69) is 16.0 Å². The summed E-state index contributed by atoms with van der Waals surface area (Å²) in [6.45, 7) is 4.06. The van der Waals surface area contributed by atoms with Crippen LogP contribution in [0, 0.1) is 18.3 Å². The average molecular weight is 283 g/mol. The van der Waals surface area contributed by atoms with Crippen molar-refractivity contribution < 1.29 is 6.16 Å². The molecule has 0 bridgehead atoms. The average Bonchev–Trinajstić information content (AvgIpc) is 3.15. The van der Waals surface area contributed by atoms with Gasteiger partial charge in [-0.1, -0.05) is 0 Å². The Labute approximate surface area is 126 Å². The number of nitriles is 1. The van der Waals surface area contributed by atoms with Gasteiger partial charge >= 0.3 is 0 Å². The Hall–Kier alpha value is -2.41. The highest BCUT2D eigenvalue weighted by Crippen LogP contribution is 2.34. The summed E-state index contributed by atoms with van der Waals surface area (Å²) in [5.41, 5.74) is 3.89. The van der Waals surface area contributed by atoms with Crippen LogP contribution < -0.4 is 9.64 Å². The first-order valence-corrected chi connectivity index (χ1v) is 7.26. The predicted molar refractivity (Wildman–Crippen MR) is 85.8 cm³/mol. The van der Waals surface area contributed by atoms with E-state index in [4.69, 9.17) is 4.74 Å². The molecule has 1 N–H and O–H groups in total. The van der Waals surface area contributed by atoms with Crippen molar-refractivity contribution in [3.8, 4) is 23.1 Å². The molecule has 0 unspecified atom stereocenters. The van der Waals surface area contributed by atoms with Crippen LogP contribution in [0.2, 0.25) is 0 Å². The fourth-order valence-electron chi connectivity index (χ4n) is 2.94. The van der Waals surface area contributed by atoms with Gasteiger partial charge in [-0.25, -0.2) is 0 Å². The number of hydrogen-bond donors (Lipinski definition) is 1. The van der Waals surface area contributed by atoms with Crippen molar-refractivity contribution >= 4 is 5.82 Å². The molecule has 0 atom stereocenters. The zero-order chi connectivity index (χ0) is 14.8. The number of rotatable bonds is 3. The SMILES string of the molecule is COc1ccc(-c2[nH]c(N3CCCC3)c(C#N)c2C)cc1.[HH]. The van der Waals surface area contributed by atoms with E-state index in [0.717, 1.165) is 47.0 Å². The molecule has 2 heterocycles. The standard InChI is InChI=1S/C17H19N3O.H2/c1-12-15(11-18)17(20-9-3-4-10-20)19-16(12)13-5-7-14(21-2)8-6-13;/h5-8,19H,3-4,9-10H2,1-2H3;1H. The maximum absolute atomic E-state index is 9.49. The van der Waals surface area contributed by atoms with Crippen molar-refractivity contribution in [3.63, 3.8) is 0 Å². The maximum Gasteiger partial charge on any atom is 0.124 e. The number of anilines is 1. The summed E-state index contributed by atoms with van der Waals surface area (Å²) >= 11 is 0. The molecule has 110 valence electrons. The molecule has 2 aromatic rings. The number of nitrogens with one attached hydrogen (secondary N) is 1. The van der Waals surface area contributed by atoms with Crippen LogP contribution in [0.25, 0.3) is 11.3 Å². The van der Waals surface area contributed by atoms with Crippen LogP contribution in [0.1, 0.15) is 25.4 Å². The zero-order valence-corrected chi connectivity index (χ0v) is 12.4. The van der Waals surface area contributed by atoms with Crippen LogP contribution in [0.4, 0.5) is 5.82 Å². The highest BCUT2D eigenvalue weighted by Gasteiger charge is 2.22. The van der Waals surface area contributed by atoms with Gasteiger partial charge in [0.2, 0.25) is 0 Å². The Morgan fingerprint density at radius 3 is 2.48 bits per heavy atom. The van der Waals surface area contributed by atoms with Gasteiger partial charge in [0.25, 0.3) is 0 Å². The van der Waals surface area contributed by atoms with E-state index in [1.54, 1.807) is 7.11 Å². The second-order valence-electron chi connectivity index (χ2n) is 5.38. The van der Waals surface area contributed by atoms with Gasteiger partial charge in [0.15, 0.2) is 0 Å². The number of ether oxygens (including phenoxy) is 1. The lowest BCUT2D eigenvalue weighted by Gasteiger charge is -2.15. The van der Waals surface area contributed by atoms with Gasteiger partial charge in [0.1, 0.15) is 17.6 Å². The molecule has 1 fully saturated rings. The summed E-state index contributed by atoms with van der Waals surface area (Å²) in [6, 6.07) is 10.3. The number of methoxy groups -OCH3 is 1. The molecule has 1 saturated heterocycles. The van der Waals surface area contributed by atoms with Crippen molar-refractivity contribution in [3.05, 3.63) is 35.4 Å². The fourth-order valence-corrected chi connectivity index (χ4v) is 2.94. The third-order valence-corrected chi connectivity index (χ3v) is 4.14. The second-order valence-corrected chi connectivity index (χ2v) is 5.38. The van der Waals surface area contributed by atoms with E-state index in [9.17, 15) is 5.26 Å². The predicted octanol–water partition coefficient (Wildman–Crippen LogP) is 3.72. The second kappa shape index (κ2) is 5.53. The number of H-pyrrole nitrogens is 1. The lowest BCUT2D eigenvalue weighted by atomic mass is 10.1. The highest BCUT2D eigenvalue weighted by atomic mass is 16.5. The minimum absolute atomic E-state index is 0. The number of hydrogen-bond acceptors (Lipinski definition) is 3. The molecule has 1 aliphatic heterocycles. The molecule has 0 spiro atoms. The lowest BCUT2D eigenvalue weighted by molar-refractivity contribution is 0.415. The van der Waals surface area contributed by atoms with Gasteiger partial charge in [0.05, 0.1) is 18.4 Å². The van der Waals surface area contributed by atoms with Crippen molar-refractivity contribution in [1.82, 2.24) is 4.98 Å². The summed E-state index contributed by atoms with van der Waals surface area (Å²) in [5, 5.41) is 9.49. The zero-order valence-electron chi connectivity index (χ0n) is 12.4. The molecular weight excluding hydrogens is 262 g/mol. The normalized spacial score (nSPS) is 14.2. The molecule has 3 rings (SSSR count). The van der Waals surface area contributed by atoms with Crippen LogP contribution in [0.3, 0.4) is 0 Å². The number of aromatic amines is 1. The summed E-state index contributed by atoms with van der Waals surface area (Å²) in [4.78, 5) is 5.74. The Morgan fingerprint density at radius 2 is 1.90 bits per heavy atom. The third-order valence-electron chi connectivity index (χ3n) is 4.14. The van der Waals surface area contributed by atoms with Crippen molar-refractivity contribution in [2.45, 2.75) is 19.8 Å². The minimum Gasteiger partial charge on any atom is -0.497 e. The Kier molecular flexibility index (Phi) is 3.57. The third kappa shape index (κ3) is 2.36. The van der Waals surface area contributed by atoms with Crippen LogP contribution in [0.15, 0.2) is 24.3 Å². The monoisotopic (exact) mass is 283 g/mol. The van der Waals surface area contributed by atoms with Crippen LogP contribution >= 0.6 is 0 Å². The first-order chi connectivity index (χ1) is 10.2. The van der Waals surface area contributed by atoms with E-state index in [-0.39, 0.29) is 1.43 Å². The molecule has 0 radical (unpaired) electrons. The number of benzene rings is 1. The van der Waals surface area contributed by atoms with Gasteiger partial charge in [-0.2, -0.15) is 5.26 Å². The Balaban J connectivity index is 0.00000176. The first kappa shape index (κ1) is 13.6. The van der Waals surface area contributed by atoms with E-state index < -0.39 is 0 Å². The van der Waals surface area contributed by atoms with Crippen molar-refractivity contribution in [2.24, 2.45) is 0 Å².